The first-order valence-electron chi connectivity index (χ1n) is 16.0. The fourth-order valence-corrected chi connectivity index (χ4v) is 7.22. The number of fused-ring (bicyclic) bond motifs is 5. The van der Waals surface area contributed by atoms with E-state index in [0.717, 1.165) is 0 Å². The van der Waals surface area contributed by atoms with Crippen LogP contribution in [-0.4, -0.2) is 4.57 Å². The lowest BCUT2D eigenvalue weighted by Crippen LogP contribution is -2.27. The summed E-state index contributed by atoms with van der Waals surface area (Å²) in [4.78, 5) is 2.44. The molecule has 0 saturated heterocycles. The van der Waals surface area contributed by atoms with Crippen molar-refractivity contribution in [1.29, 1.82) is 0 Å². The largest absolute Gasteiger partial charge is 0.310 e. The molecule has 0 fully saturated rings. The van der Waals surface area contributed by atoms with Crippen LogP contribution in [0.4, 0.5) is 17.1 Å². The number of benzene rings is 5. The fourth-order valence-electron chi connectivity index (χ4n) is 7.22. The highest BCUT2D eigenvalue weighted by atomic mass is 15.1. The SMILES string of the molecule is Cc1ccc(N(c2ccc(C(C)(C)C)cc2)c2cc3c4c(c2)c2cccc(C(C)(C)C)c2n4-c2ccccc2C3(C)C)cc1. The van der Waals surface area contributed by atoms with Gasteiger partial charge >= 0.3 is 0 Å². The molecule has 0 aliphatic carbocycles. The normalized spacial score (nSPS) is 14.2. The van der Waals surface area contributed by atoms with E-state index in [4.69, 9.17) is 0 Å². The fraction of sp³-hybridized carbons (Fsp3) is 0.286. The number of hydrogen-bond donors (Lipinski definition) is 0. The van der Waals surface area contributed by atoms with E-state index in [-0.39, 0.29) is 16.2 Å². The summed E-state index contributed by atoms with van der Waals surface area (Å²) in [5.41, 5.74) is 14.1. The Balaban J connectivity index is 1.59. The molecule has 0 saturated carbocycles. The first kappa shape index (κ1) is 28.5. The lowest BCUT2D eigenvalue weighted by Gasteiger charge is -2.36. The van der Waals surface area contributed by atoms with Gasteiger partial charge in [-0.05, 0) is 82.5 Å². The molecule has 2 heterocycles. The van der Waals surface area contributed by atoms with Crippen molar-refractivity contribution < 1.29 is 0 Å². The van der Waals surface area contributed by atoms with Gasteiger partial charge in [0.2, 0.25) is 0 Å². The lowest BCUT2D eigenvalue weighted by atomic mass is 9.74. The molecule has 0 unspecified atom stereocenters. The van der Waals surface area contributed by atoms with Crippen LogP contribution in [0.2, 0.25) is 0 Å². The molecule has 1 aliphatic rings. The molecule has 2 nitrogen and oxygen atoms in total. The van der Waals surface area contributed by atoms with Crippen LogP contribution in [-0.2, 0) is 16.2 Å². The van der Waals surface area contributed by atoms with Crippen LogP contribution >= 0.6 is 0 Å². The van der Waals surface area contributed by atoms with Gasteiger partial charge in [-0.3, -0.25) is 0 Å². The first-order valence-corrected chi connectivity index (χ1v) is 16.0. The van der Waals surface area contributed by atoms with E-state index in [9.17, 15) is 0 Å². The van der Waals surface area contributed by atoms with E-state index in [1.165, 1.54) is 72.4 Å². The smallest absolute Gasteiger partial charge is 0.0583 e. The summed E-state index contributed by atoms with van der Waals surface area (Å²) in [5.74, 6) is 0. The van der Waals surface area contributed by atoms with Crippen molar-refractivity contribution in [2.45, 2.75) is 78.6 Å². The number of aryl methyl sites for hydroxylation is 1. The quantitative estimate of drug-likeness (QED) is 0.203. The third kappa shape index (κ3) is 4.30. The number of para-hydroxylation sites is 2. The summed E-state index contributed by atoms with van der Waals surface area (Å²) >= 11 is 0. The molecule has 222 valence electrons. The van der Waals surface area contributed by atoms with Crippen molar-refractivity contribution in [1.82, 2.24) is 4.57 Å². The summed E-state index contributed by atoms with van der Waals surface area (Å²) in [6.45, 7) is 20.8. The van der Waals surface area contributed by atoms with Crippen LogP contribution in [0.25, 0.3) is 27.5 Å². The summed E-state index contributed by atoms with van der Waals surface area (Å²) in [7, 11) is 0. The molecule has 0 radical (unpaired) electrons. The average Bonchev–Trinajstić information content (AvgIpc) is 3.31. The first-order chi connectivity index (χ1) is 20.8. The maximum atomic E-state index is 2.57. The highest BCUT2D eigenvalue weighted by Gasteiger charge is 2.37. The zero-order valence-electron chi connectivity index (χ0n) is 27.7. The number of rotatable bonds is 3. The van der Waals surface area contributed by atoms with Gasteiger partial charge in [-0.1, -0.05) is 122 Å². The molecule has 6 aromatic rings. The lowest BCUT2D eigenvalue weighted by molar-refractivity contribution is 0.590. The number of hydrogen-bond acceptors (Lipinski definition) is 1. The molecule has 0 bridgehead atoms. The topological polar surface area (TPSA) is 8.17 Å². The van der Waals surface area contributed by atoms with Gasteiger partial charge in [0.15, 0.2) is 0 Å². The van der Waals surface area contributed by atoms with Gasteiger partial charge in [-0.2, -0.15) is 0 Å². The number of nitrogens with zero attached hydrogens (tertiary/aromatic N) is 2. The van der Waals surface area contributed by atoms with Crippen LogP contribution in [0.5, 0.6) is 0 Å². The van der Waals surface area contributed by atoms with E-state index in [0.29, 0.717) is 0 Å². The van der Waals surface area contributed by atoms with Crippen LogP contribution in [0.15, 0.2) is 103 Å². The monoisotopic (exact) mass is 576 g/mol. The Kier molecular flexibility index (Phi) is 6.21. The van der Waals surface area contributed by atoms with E-state index >= 15 is 0 Å². The molecular formula is C42H44N2. The van der Waals surface area contributed by atoms with E-state index in [1.54, 1.807) is 0 Å². The zero-order valence-corrected chi connectivity index (χ0v) is 27.7. The van der Waals surface area contributed by atoms with Gasteiger partial charge in [0.25, 0.3) is 0 Å². The van der Waals surface area contributed by atoms with E-state index < -0.39 is 0 Å². The zero-order chi connectivity index (χ0) is 31.2. The minimum atomic E-state index is -0.174. The summed E-state index contributed by atoms with van der Waals surface area (Å²) in [5, 5.41) is 2.62. The molecule has 1 aliphatic heterocycles. The molecule has 1 aromatic heterocycles. The van der Waals surface area contributed by atoms with Crippen molar-refractivity contribution in [3.8, 4) is 5.69 Å². The van der Waals surface area contributed by atoms with Gasteiger partial charge in [0.1, 0.15) is 0 Å². The van der Waals surface area contributed by atoms with Crippen molar-refractivity contribution in [2.24, 2.45) is 0 Å². The molecule has 44 heavy (non-hydrogen) atoms. The minimum absolute atomic E-state index is 0.00101. The Morgan fingerprint density at radius 2 is 1.20 bits per heavy atom. The van der Waals surface area contributed by atoms with E-state index in [1.807, 2.05) is 0 Å². The van der Waals surface area contributed by atoms with Gasteiger partial charge < -0.3 is 9.47 Å². The van der Waals surface area contributed by atoms with Crippen LogP contribution < -0.4 is 4.90 Å². The third-order valence-corrected chi connectivity index (χ3v) is 9.71. The summed E-state index contributed by atoms with van der Waals surface area (Å²) in [6, 6.07) is 38.9. The Labute approximate surface area is 263 Å². The standard InChI is InChI=1S/C42H44N2/c1-27-17-21-29(22-18-27)43(30-23-19-28(20-24-30)40(2,3)4)31-25-33-32-13-12-15-35(41(5,6)7)38(32)44-37-16-11-10-14-34(37)42(8,9)36(26-31)39(33)44/h10-26H,1-9H3. The third-order valence-electron chi connectivity index (χ3n) is 9.71. The second-order valence-electron chi connectivity index (χ2n) is 15.3. The minimum Gasteiger partial charge on any atom is -0.310 e. The molecule has 7 rings (SSSR count). The number of aromatic nitrogens is 1. The maximum absolute atomic E-state index is 2.57. The Bertz CT molecular complexity index is 2040. The Hall–Kier alpha value is -4.30. The summed E-state index contributed by atoms with van der Waals surface area (Å²) < 4.78 is 2.57. The highest BCUT2D eigenvalue weighted by Crippen LogP contribution is 2.51. The van der Waals surface area contributed by atoms with E-state index in [2.05, 4.69) is 175 Å². The highest BCUT2D eigenvalue weighted by molar-refractivity contribution is 6.14. The Morgan fingerprint density at radius 3 is 1.84 bits per heavy atom. The van der Waals surface area contributed by atoms with Gasteiger partial charge in [0, 0.05) is 33.2 Å². The van der Waals surface area contributed by atoms with Gasteiger partial charge in [-0.25, -0.2) is 0 Å². The van der Waals surface area contributed by atoms with Crippen molar-refractivity contribution in [3.63, 3.8) is 0 Å². The summed E-state index contributed by atoms with van der Waals surface area (Å²) in [6.07, 6.45) is 0. The van der Waals surface area contributed by atoms with Crippen molar-refractivity contribution in [3.05, 3.63) is 131 Å². The number of anilines is 3. The average molecular weight is 577 g/mol. The van der Waals surface area contributed by atoms with Crippen molar-refractivity contribution in [2.75, 3.05) is 4.90 Å². The predicted octanol–water partition coefficient (Wildman–Crippen LogP) is 11.8. The molecule has 0 N–H and O–H groups in total. The van der Waals surface area contributed by atoms with Gasteiger partial charge in [0.05, 0.1) is 16.7 Å². The van der Waals surface area contributed by atoms with Crippen LogP contribution in [0.1, 0.15) is 83.2 Å². The molecule has 0 atom stereocenters. The molecular weight excluding hydrogens is 532 g/mol. The predicted molar refractivity (Wildman–Crippen MR) is 190 cm³/mol. The van der Waals surface area contributed by atoms with Crippen molar-refractivity contribution >= 4 is 38.9 Å². The second-order valence-corrected chi connectivity index (χ2v) is 15.3. The van der Waals surface area contributed by atoms with Gasteiger partial charge in [-0.15, -0.1) is 0 Å². The molecule has 2 heteroatoms. The molecule has 0 amide bonds. The second kappa shape index (κ2) is 9.60. The Morgan fingerprint density at radius 1 is 0.568 bits per heavy atom. The molecule has 0 spiro atoms. The van der Waals surface area contributed by atoms with Crippen LogP contribution in [0.3, 0.4) is 0 Å². The van der Waals surface area contributed by atoms with Crippen LogP contribution in [0, 0.1) is 6.92 Å². The molecule has 5 aromatic carbocycles. The maximum Gasteiger partial charge on any atom is 0.0583 e.